The summed E-state index contributed by atoms with van der Waals surface area (Å²) in [4.78, 5) is 16.8. The van der Waals surface area contributed by atoms with Crippen molar-refractivity contribution in [3.8, 4) is 11.5 Å². The lowest BCUT2D eigenvalue weighted by Gasteiger charge is -2.33. The molecule has 0 aromatic heterocycles. The summed E-state index contributed by atoms with van der Waals surface area (Å²) in [5.74, 6) is 2.73. The lowest BCUT2D eigenvalue weighted by Crippen LogP contribution is -2.36. The van der Waals surface area contributed by atoms with E-state index in [4.69, 9.17) is 9.47 Å². The highest BCUT2D eigenvalue weighted by Gasteiger charge is 2.24. The molecule has 0 unspecified atom stereocenters. The number of methoxy groups -OCH3 is 1. The van der Waals surface area contributed by atoms with Crippen molar-refractivity contribution in [1.29, 1.82) is 0 Å². The third-order valence-corrected chi connectivity index (χ3v) is 6.35. The Hall–Kier alpha value is -2.01. The fourth-order valence-electron chi connectivity index (χ4n) is 4.65. The number of piperidine rings is 1. The van der Waals surface area contributed by atoms with Crippen molar-refractivity contribution < 1.29 is 14.3 Å². The number of hydrogen-bond acceptors (Lipinski definition) is 4. The first-order valence-electron chi connectivity index (χ1n) is 10.7. The highest BCUT2D eigenvalue weighted by molar-refractivity contribution is 5.76. The van der Waals surface area contributed by atoms with Crippen LogP contribution in [0, 0.1) is 5.92 Å². The van der Waals surface area contributed by atoms with Crippen LogP contribution in [0.25, 0.3) is 6.08 Å². The lowest BCUT2D eigenvalue weighted by molar-refractivity contribution is -0.130. The Labute approximate surface area is 168 Å². The average Bonchev–Trinajstić information content (AvgIpc) is 3.27. The Morgan fingerprint density at radius 1 is 1.18 bits per heavy atom. The van der Waals surface area contributed by atoms with Crippen molar-refractivity contribution in [1.82, 2.24) is 9.80 Å². The van der Waals surface area contributed by atoms with E-state index in [2.05, 4.69) is 21.9 Å². The molecule has 0 spiro atoms. The van der Waals surface area contributed by atoms with Gasteiger partial charge in [0.2, 0.25) is 5.91 Å². The maximum Gasteiger partial charge on any atom is 0.222 e. The third-order valence-electron chi connectivity index (χ3n) is 6.35. The minimum Gasteiger partial charge on any atom is -0.493 e. The number of carbonyl (C=O) groups is 1. The van der Waals surface area contributed by atoms with Gasteiger partial charge in [0.15, 0.2) is 11.5 Å². The van der Waals surface area contributed by atoms with Gasteiger partial charge in [0, 0.05) is 31.6 Å². The van der Waals surface area contributed by atoms with Crippen molar-refractivity contribution in [3.63, 3.8) is 0 Å². The molecule has 0 bridgehead atoms. The van der Waals surface area contributed by atoms with Crippen LogP contribution >= 0.6 is 0 Å². The van der Waals surface area contributed by atoms with Crippen LogP contribution in [0.5, 0.6) is 11.5 Å². The van der Waals surface area contributed by atoms with E-state index in [-0.39, 0.29) is 0 Å². The first-order chi connectivity index (χ1) is 13.7. The minimum absolute atomic E-state index is 0.374. The number of nitrogens with zero attached hydrogens (tertiary/aromatic N) is 2. The van der Waals surface area contributed by atoms with E-state index in [1.54, 1.807) is 7.11 Å². The third kappa shape index (κ3) is 4.52. The molecule has 3 aliphatic rings. The number of hydrogen-bond donors (Lipinski definition) is 0. The molecule has 4 rings (SSSR count). The molecule has 2 fully saturated rings. The van der Waals surface area contributed by atoms with Crippen LogP contribution < -0.4 is 9.47 Å². The summed E-state index contributed by atoms with van der Waals surface area (Å²) >= 11 is 0. The maximum atomic E-state index is 12.2. The van der Waals surface area contributed by atoms with Gasteiger partial charge in [0.05, 0.1) is 7.11 Å². The zero-order valence-electron chi connectivity index (χ0n) is 17.0. The van der Waals surface area contributed by atoms with Crippen molar-refractivity contribution in [2.45, 2.75) is 38.5 Å². The van der Waals surface area contributed by atoms with Crippen molar-refractivity contribution in [2.75, 3.05) is 46.4 Å². The normalized spacial score (nSPS) is 20.5. The average molecular weight is 385 g/mol. The molecule has 0 aliphatic carbocycles. The molecule has 3 aliphatic heterocycles. The lowest BCUT2D eigenvalue weighted by atomic mass is 9.91. The molecule has 1 aromatic carbocycles. The largest absolute Gasteiger partial charge is 0.493 e. The fourth-order valence-corrected chi connectivity index (χ4v) is 4.65. The van der Waals surface area contributed by atoms with Crippen LogP contribution in [0.15, 0.2) is 23.8 Å². The summed E-state index contributed by atoms with van der Waals surface area (Å²) in [6, 6.07) is 6.03. The van der Waals surface area contributed by atoms with Gasteiger partial charge in [0.1, 0.15) is 6.61 Å². The summed E-state index contributed by atoms with van der Waals surface area (Å²) < 4.78 is 11.4. The number of benzene rings is 1. The Kier molecular flexibility index (Phi) is 6.20. The van der Waals surface area contributed by atoms with Crippen LogP contribution in [0.1, 0.15) is 44.1 Å². The molecule has 5 nitrogen and oxygen atoms in total. The van der Waals surface area contributed by atoms with Crippen LogP contribution in [-0.2, 0) is 4.79 Å². The fraction of sp³-hybridized carbons (Fsp3) is 0.609. The van der Waals surface area contributed by atoms with E-state index in [0.717, 1.165) is 62.6 Å². The number of rotatable bonds is 6. The standard InChI is InChI=1S/C23H32N2O3/c1-27-21-6-4-5-20-15-19(17-28-23(20)21)16-24-13-9-18(10-14-24)7-8-22(26)25-11-2-3-12-25/h4-6,15,18H,2-3,7-14,16-17H2,1H3. The summed E-state index contributed by atoms with van der Waals surface area (Å²) in [5, 5.41) is 0. The van der Waals surface area contributed by atoms with Gasteiger partial charge in [-0.2, -0.15) is 0 Å². The molecule has 5 heteroatoms. The summed E-state index contributed by atoms with van der Waals surface area (Å²) in [6.45, 7) is 5.79. The van der Waals surface area contributed by atoms with Crippen LogP contribution in [0.3, 0.4) is 0 Å². The number of amides is 1. The van der Waals surface area contributed by atoms with E-state index < -0.39 is 0 Å². The molecule has 0 N–H and O–H groups in total. The molecule has 2 saturated heterocycles. The van der Waals surface area contributed by atoms with Gasteiger partial charge in [-0.15, -0.1) is 0 Å². The Bertz CT molecular complexity index is 717. The smallest absolute Gasteiger partial charge is 0.222 e. The molecule has 0 saturated carbocycles. The van der Waals surface area contributed by atoms with Gasteiger partial charge >= 0.3 is 0 Å². The maximum absolute atomic E-state index is 12.2. The Morgan fingerprint density at radius 3 is 2.71 bits per heavy atom. The summed E-state index contributed by atoms with van der Waals surface area (Å²) in [5.41, 5.74) is 2.43. The summed E-state index contributed by atoms with van der Waals surface area (Å²) in [6.07, 6.45) is 8.81. The minimum atomic E-state index is 0.374. The van der Waals surface area contributed by atoms with Crippen LogP contribution in [0.4, 0.5) is 0 Å². The highest BCUT2D eigenvalue weighted by atomic mass is 16.5. The van der Waals surface area contributed by atoms with Gasteiger partial charge in [0.25, 0.3) is 0 Å². The topological polar surface area (TPSA) is 42.0 Å². The second-order valence-electron chi connectivity index (χ2n) is 8.32. The zero-order valence-corrected chi connectivity index (χ0v) is 17.0. The predicted molar refractivity (Wildman–Crippen MR) is 111 cm³/mol. The molecule has 1 aromatic rings. The van der Waals surface area contributed by atoms with E-state index in [1.807, 2.05) is 12.1 Å². The molecular formula is C23H32N2O3. The number of likely N-dealkylation sites (tertiary alicyclic amines) is 2. The summed E-state index contributed by atoms with van der Waals surface area (Å²) in [7, 11) is 1.68. The van der Waals surface area contributed by atoms with Gasteiger partial charge in [-0.3, -0.25) is 9.69 Å². The molecule has 152 valence electrons. The van der Waals surface area contributed by atoms with Crippen molar-refractivity contribution in [2.24, 2.45) is 5.92 Å². The number of para-hydroxylation sites is 1. The zero-order chi connectivity index (χ0) is 19.3. The predicted octanol–water partition coefficient (Wildman–Crippen LogP) is 3.59. The molecule has 28 heavy (non-hydrogen) atoms. The number of fused-ring (bicyclic) bond motifs is 1. The van der Waals surface area contributed by atoms with E-state index in [0.29, 0.717) is 18.4 Å². The van der Waals surface area contributed by atoms with Gasteiger partial charge in [-0.1, -0.05) is 12.1 Å². The Morgan fingerprint density at radius 2 is 1.96 bits per heavy atom. The second-order valence-corrected chi connectivity index (χ2v) is 8.32. The van der Waals surface area contributed by atoms with E-state index in [9.17, 15) is 4.79 Å². The Balaban J connectivity index is 1.23. The quantitative estimate of drug-likeness (QED) is 0.752. The van der Waals surface area contributed by atoms with Gasteiger partial charge in [-0.05, 0) is 68.8 Å². The molecule has 3 heterocycles. The molecule has 1 amide bonds. The number of carbonyl (C=O) groups excluding carboxylic acids is 1. The second kappa shape index (κ2) is 8.99. The van der Waals surface area contributed by atoms with E-state index >= 15 is 0 Å². The highest BCUT2D eigenvalue weighted by Crippen LogP contribution is 2.35. The molecular weight excluding hydrogens is 352 g/mol. The van der Waals surface area contributed by atoms with E-state index in [1.165, 1.54) is 31.3 Å². The SMILES string of the molecule is COc1cccc2c1OCC(CN1CCC(CCC(=O)N3CCCC3)CC1)=C2. The first-order valence-corrected chi connectivity index (χ1v) is 10.7. The first kappa shape index (κ1) is 19.3. The number of ether oxygens (including phenoxy) is 2. The van der Waals surface area contributed by atoms with Crippen LogP contribution in [-0.4, -0.2) is 62.1 Å². The van der Waals surface area contributed by atoms with Crippen molar-refractivity contribution >= 4 is 12.0 Å². The van der Waals surface area contributed by atoms with Crippen molar-refractivity contribution in [3.05, 3.63) is 29.3 Å². The van der Waals surface area contributed by atoms with Gasteiger partial charge < -0.3 is 14.4 Å². The van der Waals surface area contributed by atoms with Gasteiger partial charge in [-0.25, -0.2) is 0 Å². The molecule has 0 radical (unpaired) electrons. The molecule has 0 atom stereocenters. The van der Waals surface area contributed by atoms with Crippen LogP contribution in [0.2, 0.25) is 0 Å². The monoisotopic (exact) mass is 384 g/mol.